The van der Waals surface area contributed by atoms with E-state index in [0.29, 0.717) is 17.4 Å². The van der Waals surface area contributed by atoms with E-state index in [4.69, 9.17) is 4.42 Å². The van der Waals surface area contributed by atoms with E-state index in [1.807, 2.05) is 6.07 Å². The first-order valence-corrected chi connectivity index (χ1v) is 4.53. The summed E-state index contributed by atoms with van der Waals surface area (Å²) in [5.41, 5.74) is 2.73. The average Bonchev–Trinajstić information content (AvgIpc) is 2.75. The maximum absolute atomic E-state index is 10.7. The van der Waals surface area contributed by atoms with Crippen LogP contribution in [0.1, 0.15) is 15.9 Å². The number of hydrogen-bond donors (Lipinski definition) is 1. The Morgan fingerprint density at radius 2 is 2.13 bits per heavy atom. The summed E-state index contributed by atoms with van der Waals surface area (Å²) >= 11 is 0. The van der Waals surface area contributed by atoms with Crippen LogP contribution in [0.3, 0.4) is 0 Å². The van der Waals surface area contributed by atoms with Gasteiger partial charge in [-0.3, -0.25) is 4.79 Å². The van der Waals surface area contributed by atoms with Crippen LogP contribution in [0.15, 0.2) is 35.1 Å². The summed E-state index contributed by atoms with van der Waals surface area (Å²) in [5, 5.41) is 9.56. The fourth-order valence-corrected chi connectivity index (χ4v) is 1.49. The van der Waals surface area contributed by atoms with Crippen molar-refractivity contribution in [3.63, 3.8) is 0 Å². The number of phenolic OH excluding ortho intramolecular Hbond substituents is 1. The predicted octanol–water partition coefficient (Wildman–Crippen LogP) is 2.77. The summed E-state index contributed by atoms with van der Waals surface area (Å²) in [6, 6.07) is 5.26. The van der Waals surface area contributed by atoms with E-state index in [1.54, 1.807) is 31.6 Å². The van der Waals surface area contributed by atoms with E-state index < -0.39 is 0 Å². The van der Waals surface area contributed by atoms with Crippen LogP contribution in [0.4, 0.5) is 0 Å². The van der Waals surface area contributed by atoms with Gasteiger partial charge >= 0.3 is 0 Å². The topological polar surface area (TPSA) is 50.4 Å². The minimum Gasteiger partial charge on any atom is -0.507 e. The summed E-state index contributed by atoms with van der Waals surface area (Å²) in [4.78, 5) is 10.7. The lowest BCUT2D eigenvalue weighted by Crippen LogP contribution is -1.87. The van der Waals surface area contributed by atoms with Gasteiger partial charge in [-0.05, 0) is 36.2 Å². The van der Waals surface area contributed by atoms with Gasteiger partial charge in [-0.25, -0.2) is 0 Å². The van der Waals surface area contributed by atoms with Gasteiger partial charge in [0.05, 0.1) is 18.1 Å². The molecule has 1 aromatic carbocycles. The summed E-state index contributed by atoms with van der Waals surface area (Å²) in [5.74, 6) is 0.0391. The third kappa shape index (κ3) is 1.64. The number of furan rings is 1. The number of rotatable bonds is 2. The van der Waals surface area contributed by atoms with Crippen LogP contribution < -0.4 is 0 Å². The highest BCUT2D eigenvalue weighted by atomic mass is 16.3. The normalized spacial score (nSPS) is 10.2. The highest BCUT2D eigenvalue weighted by Crippen LogP contribution is 2.28. The molecule has 1 N–H and O–H groups in total. The van der Waals surface area contributed by atoms with E-state index in [2.05, 4.69) is 0 Å². The molecule has 0 aliphatic heterocycles. The first-order chi connectivity index (χ1) is 7.22. The maximum atomic E-state index is 10.7. The van der Waals surface area contributed by atoms with Gasteiger partial charge < -0.3 is 9.52 Å². The number of hydrogen-bond acceptors (Lipinski definition) is 3. The number of carbonyl (C=O) groups excluding carboxylic acids is 1. The fraction of sp³-hybridized carbons (Fsp3) is 0.0833. The zero-order valence-electron chi connectivity index (χ0n) is 8.23. The van der Waals surface area contributed by atoms with Gasteiger partial charge in [-0.1, -0.05) is 0 Å². The Morgan fingerprint density at radius 3 is 2.73 bits per heavy atom. The van der Waals surface area contributed by atoms with Gasteiger partial charge in [-0.15, -0.1) is 0 Å². The van der Waals surface area contributed by atoms with Crippen LogP contribution in [-0.2, 0) is 0 Å². The third-order valence-electron chi connectivity index (χ3n) is 2.31. The van der Waals surface area contributed by atoms with Crippen molar-refractivity contribution < 1.29 is 14.3 Å². The Balaban J connectivity index is 2.60. The Hall–Kier alpha value is -2.03. The standard InChI is InChI=1S/C12H10O3/c1-8-4-10(9-2-3-15-7-9)5-11(6-13)12(8)14/h2-7,14H,1H3. The molecule has 0 saturated carbocycles. The van der Waals surface area contributed by atoms with Crippen LogP contribution in [0.2, 0.25) is 0 Å². The second-order valence-corrected chi connectivity index (χ2v) is 3.36. The molecular formula is C12H10O3. The van der Waals surface area contributed by atoms with Gasteiger partial charge in [-0.2, -0.15) is 0 Å². The highest BCUT2D eigenvalue weighted by Gasteiger charge is 2.08. The summed E-state index contributed by atoms with van der Waals surface area (Å²) in [6.45, 7) is 1.76. The molecule has 2 aromatic rings. The number of aromatic hydroxyl groups is 1. The number of aryl methyl sites for hydroxylation is 1. The second-order valence-electron chi connectivity index (χ2n) is 3.36. The summed E-state index contributed by atoms with van der Waals surface area (Å²) in [6.07, 6.45) is 3.81. The first kappa shape index (κ1) is 9.52. The fourth-order valence-electron chi connectivity index (χ4n) is 1.49. The van der Waals surface area contributed by atoms with Gasteiger partial charge in [0.25, 0.3) is 0 Å². The number of carbonyl (C=O) groups is 1. The molecular weight excluding hydrogens is 192 g/mol. The van der Waals surface area contributed by atoms with Crippen molar-refractivity contribution in [3.8, 4) is 16.9 Å². The van der Waals surface area contributed by atoms with Crippen molar-refractivity contribution in [2.75, 3.05) is 0 Å². The third-order valence-corrected chi connectivity index (χ3v) is 2.31. The average molecular weight is 202 g/mol. The Labute approximate surface area is 87.0 Å². The molecule has 3 heteroatoms. The van der Waals surface area contributed by atoms with Gasteiger partial charge in [0.1, 0.15) is 5.75 Å². The zero-order chi connectivity index (χ0) is 10.8. The lowest BCUT2D eigenvalue weighted by atomic mass is 10.0. The van der Waals surface area contributed by atoms with Crippen molar-refractivity contribution in [2.24, 2.45) is 0 Å². The van der Waals surface area contributed by atoms with Gasteiger partial charge in [0.15, 0.2) is 6.29 Å². The Kier molecular flexibility index (Phi) is 2.29. The highest BCUT2D eigenvalue weighted by molar-refractivity contribution is 5.83. The lowest BCUT2D eigenvalue weighted by Gasteiger charge is -2.05. The minimum absolute atomic E-state index is 0.0391. The summed E-state index contributed by atoms with van der Waals surface area (Å²) < 4.78 is 4.96. The van der Waals surface area contributed by atoms with E-state index >= 15 is 0 Å². The molecule has 0 fully saturated rings. The molecule has 15 heavy (non-hydrogen) atoms. The largest absolute Gasteiger partial charge is 0.507 e. The molecule has 1 aromatic heterocycles. The quantitative estimate of drug-likeness (QED) is 0.762. The number of aldehydes is 1. The van der Waals surface area contributed by atoms with Gasteiger partial charge in [0, 0.05) is 5.56 Å². The molecule has 76 valence electrons. The minimum atomic E-state index is 0.0391. The second kappa shape index (κ2) is 3.61. The van der Waals surface area contributed by atoms with Crippen molar-refractivity contribution in [1.29, 1.82) is 0 Å². The first-order valence-electron chi connectivity index (χ1n) is 4.53. The molecule has 0 aliphatic rings. The Morgan fingerprint density at radius 1 is 1.33 bits per heavy atom. The summed E-state index contributed by atoms with van der Waals surface area (Å²) in [7, 11) is 0. The molecule has 0 bridgehead atoms. The zero-order valence-corrected chi connectivity index (χ0v) is 8.23. The molecule has 3 nitrogen and oxygen atoms in total. The SMILES string of the molecule is Cc1cc(-c2ccoc2)cc(C=O)c1O. The van der Waals surface area contributed by atoms with E-state index in [-0.39, 0.29) is 5.75 Å². The van der Waals surface area contributed by atoms with Gasteiger partial charge in [0.2, 0.25) is 0 Å². The molecule has 0 atom stereocenters. The number of benzene rings is 1. The monoisotopic (exact) mass is 202 g/mol. The van der Waals surface area contributed by atoms with Crippen molar-refractivity contribution in [2.45, 2.75) is 6.92 Å². The van der Waals surface area contributed by atoms with Crippen LogP contribution >= 0.6 is 0 Å². The van der Waals surface area contributed by atoms with E-state index in [9.17, 15) is 9.90 Å². The molecule has 2 rings (SSSR count). The molecule has 0 saturated heterocycles. The smallest absolute Gasteiger partial charge is 0.153 e. The molecule has 0 amide bonds. The van der Waals surface area contributed by atoms with Crippen molar-refractivity contribution in [1.82, 2.24) is 0 Å². The van der Waals surface area contributed by atoms with E-state index in [0.717, 1.165) is 11.1 Å². The molecule has 1 heterocycles. The Bertz CT molecular complexity index is 484. The molecule has 0 spiro atoms. The molecule has 0 aliphatic carbocycles. The molecule has 0 radical (unpaired) electrons. The van der Waals surface area contributed by atoms with Crippen LogP contribution in [0.5, 0.6) is 5.75 Å². The predicted molar refractivity (Wildman–Crippen MR) is 55.9 cm³/mol. The molecule has 0 unspecified atom stereocenters. The van der Waals surface area contributed by atoms with Crippen molar-refractivity contribution >= 4 is 6.29 Å². The number of phenols is 1. The lowest BCUT2D eigenvalue weighted by molar-refractivity contribution is 0.112. The van der Waals surface area contributed by atoms with Crippen molar-refractivity contribution in [3.05, 3.63) is 41.9 Å². The van der Waals surface area contributed by atoms with Crippen LogP contribution in [0.25, 0.3) is 11.1 Å². The van der Waals surface area contributed by atoms with Crippen LogP contribution in [0, 0.1) is 6.92 Å². The maximum Gasteiger partial charge on any atom is 0.153 e. The van der Waals surface area contributed by atoms with Crippen LogP contribution in [-0.4, -0.2) is 11.4 Å². The van der Waals surface area contributed by atoms with E-state index in [1.165, 1.54) is 0 Å².